The second-order valence-corrected chi connectivity index (χ2v) is 12.9. The third-order valence-corrected chi connectivity index (χ3v) is 8.61. The molecule has 1 N–H and O–H groups in total. The van der Waals surface area contributed by atoms with Crippen LogP contribution in [0.2, 0.25) is 20.1 Å². The van der Waals surface area contributed by atoms with Crippen LogP contribution in [0.4, 0.5) is 11.4 Å². The van der Waals surface area contributed by atoms with E-state index in [1.807, 2.05) is 13.8 Å². The maximum atomic E-state index is 11.9. The van der Waals surface area contributed by atoms with Gasteiger partial charge in [0.1, 0.15) is 15.9 Å². The zero-order valence-electron chi connectivity index (χ0n) is 21.5. The third-order valence-electron chi connectivity index (χ3n) is 6.01. The van der Waals surface area contributed by atoms with Crippen LogP contribution in [0.5, 0.6) is 0 Å². The van der Waals surface area contributed by atoms with Gasteiger partial charge in [0.25, 0.3) is 15.9 Å². The van der Waals surface area contributed by atoms with Gasteiger partial charge in [0.15, 0.2) is 22.8 Å². The van der Waals surface area contributed by atoms with Crippen molar-refractivity contribution in [1.29, 1.82) is 0 Å². The minimum atomic E-state index is -4.70. The van der Waals surface area contributed by atoms with Crippen molar-refractivity contribution in [2.45, 2.75) is 26.3 Å². The second kappa shape index (κ2) is 13.1. The number of aromatic nitrogens is 2. The van der Waals surface area contributed by atoms with Crippen molar-refractivity contribution in [3.63, 3.8) is 0 Å². The first-order chi connectivity index (χ1) is 18.1. The SMILES string of the molecule is CCN1/C(=C\C=C\c2n(CC)c3cc(Cl)c(Cl)cc3[n+]2CS(=O)(=O)[O-])N(CS(=O)(=O)O)c2cc(Cl)c(Cl)cc21.[K+]. The Hall–Kier alpha value is -0.394. The Kier molecular flexibility index (Phi) is 11.2. The molecule has 0 saturated carbocycles. The van der Waals surface area contributed by atoms with Crippen LogP contribution < -0.4 is 65.8 Å². The van der Waals surface area contributed by atoms with Gasteiger partial charge in [-0.2, -0.15) is 8.42 Å². The van der Waals surface area contributed by atoms with Crippen molar-refractivity contribution >= 4 is 95.1 Å². The zero-order chi connectivity index (χ0) is 28.9. The van der Waals surface area contributed by atoms with Crippen LogP contribution in [0.15, 0.2) is 42.2 Å². The topological polar surface area (TPSA) is 127 Å². The Morgan fingerprint density at radius 1 is 0.900 bits per heavy atom. The Balaban J connectivity index is 0.00000441. The maximum absolute atomic E-state index is 11.9. The predicted octanol–water partition coefficient (Wildman–Crippen LogP) is 2.12. The van der Waals surface area contributed by atoms with Crippen LogP contribution in [0.3, 0.4) is 0 Å². The molecule has 4 rings (SSSR count). The van der Waals surface area contributed by atoms with Crippen LogP contribution in [0, 0.1) is 0 Å². The van der Waals surface area contributed by atoms with Crippen molar-refractivity contribution in [3.8, 4) is 0 Å². The fraction of sp³-hybridized carbons (Fsp3) is 0.261. The molecule has 210 valence electrons. The average Bonchev–Trinajstić information content (AvgIpc) is 3.23. The summed E-state index contributed by atoms with van der Waals surface area (Å²) in [7, 11) is -9.15. The fourth-order valence-corrected chi connectivity index (χ4v) is 6.36. The van der Waals surface area contributed by atoms with Gasteiger partial charge in [-0.25, -0.2) is 17.6 Å². The monoisotopic (exact) mass is 693 g/mol. The molecule has 1 aromatic heterocycles. The molecule has 0 unspecified atom stereocenters. The molecule has 0 fully saturated rings. The first-order valence-corrected chi connectivity index (χ1v) is 16.1. The maximum Gasteiger partial charge on any atom is 1.00 e. The molecule has 1 aliphatic rings. The van der Waals surface area contributed by atoms with Gasteiger partial charge >= 0.3 is 51.4 Å². The van der Waals surface area contributed by atoms with E-state index in [2.05, 4.69) is 0 Å². The largest absolute Gasteiger partial charge is 1.00 e. The van der Waals surface area contributed by atoms with E-state index >= 15 is 0 Å². The summed E-state index contributed by atoms with van der Waals surface area (Å²) in [5, 5.41) is 0.912. The van der Waals surface area contributed by atoms with Crippen molar-refractivity contribution in [2.24, 2.45) is 0 Å². The minimum absolute atomic E-state index is 0. The number of aryl methyl sites for hydroxylation is 1. The molecule has 0 spiro atoms. The number of imidazole rings is 1. The normalized spacial score (nSPS) is 14.9. The molecule has 0 radical (unpaired) electrons. The zero-order valence-corrected chi connectivity index (χ0v) is 29.3. The number of rotatable bonds is 8. The van der Waals surface area contributed by atoms with E-state index in [4.69, 9.17) is 46.4 Å². The molecule has 0 amide bonds. The Labute approximate surface area is 294 Å². The van der Waals surface area contributed by atoms with E-state index in [0.29, 0.717) is 47.1 Å². The molecule has 0 atom stereocenters. The molecule has 0 saturated heterocycles. The number of halogens is 4. The molecular formula is C23H22Cl4KN4O6S2+. The predicted molar refractivity (Wildman–Crippen MR) is 153 cm³/mol. The summed E-state index contributed by atoms with van der Waals surface area (Å²) in [4.78, 5) is 3.14. The number of hydrogen-bond acceptors (Lipinski definition) is 7. The van der Waals surface area contributed by atoms with Gasteiger partial charge in [-0.3, -0.25) is 4.55 Å². The van der Waals surface area contributed by atoms with Crippen LogP contribution in [0.1, 0.15) is 19.7 Å². The molecule has 10 nitrogen and oxygen atoms in total. The van der Waals surface area contributed by atoms with E-state index in [9.17, 15) is 25.9 Å². The smallest absolute Gasteiger partial charge is 0.745 e. The van der Waals surface area contributed by atoms with Gasteiger partial charge in [0.2, 0.25) is 0 Å². The van der Waals surface area contributed by atoms with E-state index < -0.39 is 32.0 Å². The van der Waals surface area contributed by atoms with Crippen molar-refractivity contribution < 1.29 is 81.9 Å². The van der Waals surface area contributed by atoms with Crippen LogP contribution in [-0.4, -0.2) is 42.9 Å². The third kappa shape index (κ3) is 7.21. The summed E-state index contributed by atoms with van der Waals surface area (Å²) in [5.41, 5.74) is 1.94. The number of fused-ring (bicyclic) bond motifs is 2. The molecule has 40 heavy (non-hydrogen) atoms. The van der Waals surface area contributed by atoms with Gasteiger partial charge in [-0.1, -0.05) is 52.5 Å². The van der Waals surface area contributed by atoms with E-state index in [0.717, 1.165) is 0 Å². The average molecular weight is 695 g/mol. The summed E-state index contributed by atoms with van der Waals surface area (Å²) in [6.07, 6.45) is 4.73. The standard InChI is InChI=1S/C23H22Cl4N4O6S2.K/c1-3-28-18-8-14(24)16(26)10-20(18)30(12-38(32,33)34)22(28)6-5-7-23-29(4-2)19-9-15(25)17(27)11-21(19)31(23)13-39(35,36)37;/h5-11H,3-4,12-13H2,1-2H3,(H-,32,33,34,35,36,37);/q;+1. The van der Waals surface area contributed by atoms with Crippen LogP contribution in [-0.2, 0) is 32.7 Å². The number of allylic oxidation sites excluding steroid dienone is 2. The number of anilines is 2. The number of benzene rings is 2. The summed E-state index contributed by atoms with van der Waals surface area (Å²) in [6.45, 7) is 4.49. The molecule has 0 aliphatic carbocycles. The van der Waals surface area contributed by atoms with Gasteiger partial charge in [-0.15, -0.1) is 0 Å². The first kappa shape index (κ1) is 34.1. The molecule has 2 aromatic carbocycles. The molecule has 1 aliphatic heterocycles. The Morgan fingerprint density at radius 2 is 1.45 bits per heavy atom. The molecule has 2 heterocycles. The quantitative estimate of drug-likeness (QED) is 0.216. The van der Waals surface area contributed by atoms with Gasteiger partial charge in [-0.05, 0) is 32.1 Å². The molecular weight excluding hydrogens is 673 g/mol. The van der Waals surface area contributed by atoms with Gasteiger partial charge in [0, 0.05) is 24.8 Å². The van der Waals surface area contributed by atoms with Crippen molar-refractivity contribution in [3.05, 3.63) is 68.2 Å². The minimum Gasteiger partial charge on any atom is -0.745 e. The number of hydrogen-bond donors (Lipinski definition) is 1. The van der Waals surface area contributed by atoms with Crippen molar-refractivity contribution in [1.82, 2.24) is 4.57 Å². The number of nitrogens with zero attached hydrogens (tertiary/aromatic N) is 4. The van der Waals surface area contributed by atoms with Crippen molar-refractivity contribution in [2.75, 3.05) is 22.2 Å². The second-order valence-electron chi connectivity index (χ2n) is 8.49. The summed E-state index contributed by atoms with van der Waals surface area (Å²) >= 11 is 24.8. The summed E-state index contributed by atoms with van der Waals surface area (Å²) in [6, 6.07) is 6.17. The van der Waals surface area contributed by atoms with E-state index in [1.54, 1.807) is 39.8 Å². The van der Waals surface area contributed by atoms with Gasteiger partial charge < -0.3 is 14.4 Å². The first-order valence-electron chi connectivity index (χ1n) is 11.4. The van der Waals surface area contributed by atoms with E-state index in [-0.39, 0.29) is 71.5 Å². The molecule has 17 heteroatoms. The summed E-state index contributed by atoms with van der Waals surface area (Å²) in [5.74, 6) is -0.876. The van der Waals surface area contributed by atoms with Crippen LogP contribution >= 0.6 is 46.4 Å². The van der Waals surface area contributed by atoms with E-state index in [1.165, 1.54) is 21.6 Å². The molecule has 3 aromatic rings. The van der Waals surface area contributed by atoms with Gasteiger partial charge in [0.05, 0.1) is 38.0 Å². The summed E-state index contributed by atoms with van der Waals surface area (Å²) < 4.78 is 71.8. The molecule has 0 bridgehead atoms. The van der Waals surface area contributed by atoms with Crippen LogP contribution in [0.25, 0.3) is 17.1 Å². The Bertz CT molecular complexity index is 1760. The fourth-order valence-electron chi connectivity index (χ4n) is 4.54. The Morgan fingerprint density at radius 3 is 1.98 bits per heavy atom.